The van der Waals surface area contributed by atoms with Crippen molar-refractivity contribution >= 4 is 41.2 Å². The van der Waals surface area contributed by atoms with Gasteiger partial charge in [0.25, 0.3) is 0 Å². The summed E-state index contributed by atoms with van der Waals surface area (Å²) in [7, 11) is 4.03. The van der Waals surface area contributed by atoms with Crippen molar-refractivity contribution in [2.24, 2.45) is 0 Å². The van der Waals surface area contributed by atoms with E-state index in [4.69, 9.17) is 35.9 Å². The van der Waals surface area contributed by atoms with Gasteiger partial charge in [-0.05, 0) is 39.2 Å². The molecule has 2 aliphatic rings. The lowest BCUT2D eigenvalue weighted by atomic mass is 9.89. The van der Waals surface area contributed by atoms with E-state index in [2.05, 4.69) is 15.5 Å². The van der Waals surface area contributed by atoms with Crippen LogP contribution in [0.3, 0.4) is 0 Å². The first-order valence-electron chi connectivity index (χ1n) is 11.9. The van der Waals surface area contributed by atoms with Gasteiger partial charge >= 0.3 is 23.9 Å². The standard InChI is InChI=1S/C23H37N3O9S/c1-12(27)31-11-18-19(32-13(2)28)20(33-14(3)29)21(34-15(4)30)22(35-18)25-23(36)24-16-9-7-8-10-17(16)26(5)6/h16-22H,7-11H2,1-6H3,(H2,24,25,36)/t16-,17-,18?,19+,20?,21?,22+/m0/s1. The zero-order valence-electron chi connectivity index (χ0n) is 21.6. The third-order valence-corrected chi connectivity index (χ3v) is 6.21. The molecule has 2 N–H and O–H groups in total. The minimum Gasteiger partial charge on any atom is -0.463 e. The summed E-state index contributed by atoms with van der Waals surface area (Å²) in [6.45, 7) is 4.44. The van der Waals surface area contributed by atoms with Crippen LogP contribution in [0, 0.1) is 0 Å². The summed E-state index contributed by atoms with van der Waals surface area (Å²) in [5, 5.41) is 6.57. The molecule has 12 nitrogen and oxygen atoms in total. The van der Waals surface area contributed by atoms with Gasteiger partial charge in [-0.3, -0.25) is 19.2 Å². The number of nitrogens with zero attached hydrogens (tertiary/aromatic N) is 1. The van der Waals surface area contributed by atoms with Crippen LogP contribution in [0.15, 0.2) is 0 Å². The minimum absolute atomic E-state index is 0.0828. The molecule has 1 aliphatic carbocycles. The van der Waals surface area contributed by atoms with E-state index < -0.39 is 54.5 Å². The highest BCUT2D eigenvalue weighted by Crippen LogP contribution is 2.28. The number of ether oxygens (including phenoxy) is 5. The number of likely N-dealkylation sites (N-methyl/N-ethyl adjacent to an activating group) is 1. The molecule has 1 saturated heterocycles. The minimum atomic E-state index is -1.26. The SMILES string of the molecule is CC(=O)OCC1O[C@@H](NC(=S)N[C@H]2CCCC[C@@H]2N(C)C)C(OC(C)=O)C(OC(C)=O)[C@@H]1OC(C)=O. The monoisotopic (exact) mass is 531 g/mol. The molecule has 13 heteroatoms. The van der Waals surface area contributed by atoms with Crippen molar-refractivity contribution in [2.45, 2.75) is 96.1 Å². The largest absolute Gasteiger partial charge is 0.463 e. The van der Waals surface area contributed by atoms with Gasteiger partial charge in [-0.2, -0.15) is 0 Å². The summed E-state index contributed by atoms with van der Waals surface area (Å²) >= 11 is 5.55. The van der Waals surface area contributed by atoms with Crippen LogP contribution in [0.1, 0.15) is 53.4 Å². The highest BCUT2D eigenvalue weighted by Gasteiger charge is 2.52. The first-order valence-corrected chi connectivity index (χ1v) is 12.3. The van der Waals surface area contributed by atoms with Crippen LogP contribution in [-0.2, 0) is 42.9 Å². The molecule has 1 saturated carbocycles. The number of hydrogen-bond acceptors (Lipinski definition) is 11. The number of carbonyl (C=O) groups excluding carboxylic acids is 4. The number of hydrogen-bond donors (Lipinski definition) is 2. The molecule has 1 heterocycles. The first kappa shape index (κ1) is 29.7. The van der Waals surface area contributed by atoms with E-state index in [1.165, 1.54) is 27.7 Å². The summed E-state index contributed by atoms with van der Waals surface area (Å²) in [4.78, 5) is 49.3. The van der Waals surface area contributed by atoms with Gasteiger partial charge in [0.05, 0.1) is 0 Å². The third-order valence-electron chi connectivity index (χ3n) is 5.97. The van der Waals surface area contributed by atoms with Crippen molar-refractivity contribution in [3.63, 3.8) is 0 Å². The molecule has 2 fully saturated rings. The van der Waals surface area contributed by atoms with Crippen LogP contribution in [-0.4, -0.2) is 97.3 Å². The van der Waals surface area contributed by atoms with Crippen LogP contribution in [0.4, 0.5) is 0 Å². The van der Waals surface area contributed by atoms with Crippen LogP contribution in [0.2, 0.25) is 0 Å². The number of rotatable bonds is 8. The molecule has 0 amide bonds. The Hall–Kier alpha value is -2.51. The van der Waals surface area contributed by atoms with E-state index >= 15 is 0 Å². The first-order chi connectivity index (χ1) is 16.9. The van der Waals surface area contributed by atoms with Crippen molar-refractivity contribution in [3.8, 4) is 0 Å². The Morgan fingerprint density at radius 2 is 1.39 bits per heavy atom. The van der Waals surface area contributed by atoms with Crippen molar-refractivity contribution < 1.29 is 42.9 Å². The van der Waals surface area contributed by atoms with Crippen molar-refractivity contribution in [3.05, 3.63) is 0 Å². The molecule has 0 aromatic carbocycles. The van der Waals surface area contributed by atoms with Crippen LogP contribution >= 0.6 is 12.2 Å². The quantitative estimate of drug-likeness (QED) is 0.254. The van der Waals surface area contributed by atoms with Crippen LogP contribution in [0.5, 0.6) is 0 Å². The Bertz CT molecular complexity index is 825. The topological polar surface area (TPSA) is 142 Å². The molecule has 204 valence electrons. The smallest absolute Gasteiger partial charge is 0.303 e. The number of esters is 4. The van der Waals surface area contributed by atoms with Gasteiger partial charge in [0.15, 0.2) is 29.7 Å². The fourth-order valence-corrected chi connectivity index (χ4v) is 4.85. The zero-order chi connectivity index (χ0) is 27.0. The van der Waals surface area contributed by atoms with E-state index in [0.717, 1.165) is 25.7 Å². The van der Waals surface area contributed by atoms with Gasteiger partial charge in [-0.1, -0.05) is 12.8 Å². The molecular formula is C23H37N3O9S. The predicted molar refractivity (Wildman–Crippen MR) is 131 cm³/mol. The molecule has 2 rings (SSSR count). The van der Waals surface area contributed by atoms with E-state index in [1.54, 1.807) is 0 Å². The molecule has 7 atom stereocenters. The second kappa shape index (κ2) is 13.7. The number of thiocarbonyl (C=S) groups is 1. The second-order valence-corrected chi connectivity index (χ2v) is 9.57. The van der Waals surface area contributed by atoms with E-state index in [9.17, 15) is 19.2 Å². The molecule has 0 radical (unpaired) electrons. The van der Waals surface area contributed by atoms with Gasteiger partial charge in [0.1, 0.15) is 12.7 Å². The van der Waals surface area contributed by atoms with Crippen LogP contribution in [0.25, 0.3) is 0 Å². The van der Waals surface area contributed by atoms with E-state index in [-0.39, 0.29) is 23.8 Å². The highest BCUT2D eigenvalue weighted by molar-refractivity contribution is 7.80. The molecule has 36 heavy (non-hydrogen) atoms. The third kappa shape index (κ3) is 8.86. The Morgan fingerprint density at radius 3 is 1.94 bits per heavy atom. The fourth-order valence-electron chi connectivity index (χ4n) is 4.58. The Labute approximate surface area is 216 Å². The van der Waals surface area contributed by atoms with Gasteiger partial charge in [0.2, 0.25) is 0 Å². The van der Waals surface area contributed by atoms with E-state index in [0.29, 0.717) is 0 Å². The summed E-state index contributed by atoms with van der Waals surface area (Å²) in [6.07, 6.45) is -1.72. The average Bonchev–Trinajstić information content (AvgIpc) is 2.75. The van der Waals surface area contributed by atoms with Gasteiger partial charge < -0.3 is 39.2 Å². The number of nitrogens with one attached hydrogen (secondary N) is 2. The summed E-state index contributed by atoms with van der Waals surface area (Å²) in [5.41, 5.74) is 0. The maximum Gasteiger partial charge on any atom is 0.303 e. The van der Waals surface area contributed by atoms with E-state index in [1.807, 2.05) is 14.1 Å². The average molecular weight is 532 g/mol. The lowest BCUT2D eigenvalue weighted by Gasteiger charge is -2.45. The Morgan fingerprint density at radius 1 is 0.833 bits per heavy atom. The molecule has 3 unspecified atom stereocenters. The zero-order valence-corrected chi connectivity index (χ0v) is 22.4. The summed E-state index contributed by atoms with van der Waals surface area (Å²) in [5.74, 6) is -2.64. The number of carbonyl (C=O) groups is 4. The van der Waals surface area contributed by atoms with Crippen molar-refractivity contribution in [2.75, 3.05) is 20.7 Å². The van der Waals surface area contributed by atoms with Crippen molar-refractivity contribution in [1.29, 1.82) is 0 Å². The Balaban J connectivity index is 2.32. The predicted octanol–water partition coefficient (Wildman–Crippen LogP) is 0.406. The lowest BCUT2D eigenvalue weighted by Crippen LogP contribution is -2.67. The maximum absolute atomic E-state index is 12.0. The fraction of sp³-hybridized carbons (Fsp3) is 0.783. The van der Waals surface area contributed by atoms with Crippen molar-refractivity contribution in [1.82, 2.24) is 15.5 Å². The molecular weight excluding hydrogens is 494 g/mol. The maximum atomic E-state index is 12.0. The molecule has 0 aromatic rings. The molecule has 0 bridgehead atoms. The Kier molecular flexibility index (Phi) is 11.3. The van der Waals surface area contributed by atoms with Gasteiger partial charge in [-0.25, -0.2) is 0 Å². The van der Waals surface area contributed by atoms with Gasteiger partial charge in [0, 0.05) is 39.8 Å². The van der Waals surface area contributed by atoms with Crippen LogP contribution < -0.4 is 10.6 Å². The molecule has 0 aromatic heterocycles. The summed E-state index contributed by atoms with van der Waals surface area (Å²) < 4.78 is 27.4. The highest BCUT2D eigenvalue weighted by atomic mass is 32.1. The lowest BCUT2D eigenvalue weighted by molar-refractivity contribution is -0.255. The summed E-state index contributed by atoms with van der Waals surface area (Å²) in [6, 6.07) is 0.355. The molecule has 0 spiro atoms. The molecule has 1 aliphatic heterocycles. The second-order valence-electron chi connectivity index (χ2n) is 9.16. The van der Waals surface area contributed by atoms with Gasteiger partial charge in [-0.15, -0.1) is 0 Å². The normalized spacial score (nSPS) is 30.0.